The molecular weight excluding hydrogens is 372 g/mol. The molecule has 3 aromatic carbocycles. The number of ether oxygens (including phenoxy) is 1. The number of carbonyl (C=O) groups is 1. The number of rotatable bonds is 5. The second-order valence-corrected chi connectivity index (χ2v) is 7.65. The van der Waals surface area contributed by atoms with Crippen LogP contribution in [0.15, 0.2) is 79.1 Å². The van der Waals surface area contributed by atoms with Crippen LogP contribution in [-0.2, 0) is 0 Å². The van der Waals surface area contributed by atoms with Crippen LogP contribution in [0.5, 0.6) is 11.5 Å². The fraction of sp³-hybridized carbons (Fsp3) is 0.154. The van der Waals surface area contributed by atoms with Gasteiger partial charge in [-0.2, -0.15) is 0 Å². The van der Waals surface area contributed by atoms with E-state index in [4.69, 9.17) is 4.74 Å². The third-order valence-electron chi connectivity index (χ3n) is 5.13. The molecular formula is C26H24N2O2. The number of anilines is 1. The summed E-state index contributed by atoms with van der Waals surface area (Å²) in [6.07, 6.45) is 3.38. The molecule has 0 radical (unpaired) electrons. The van der Waals surface area contributed by atoms with Crippen LogP contribution < -0.4 is 10.1 Å². The molecule has 4 nitrogen and oxygen atoms in total. The van der Waals surface area contributed by atoms with E-state index in [1.165, 1.54) is 11.1 Å². The number of aryl methyl sites for hydroxylation is 1. The summed E-state index contributed by atoms with van der Waals surface area (Å²) in [6, 6.07) is 21.1. The molecule has 1 aromatic heterocycles. The molecule has 1 N–H and O–H groups in total. The number of aromatic nitrogens is 1. The highest BCUT2D eigenvalue weighted by Gasteiger charge is 2.12. The maximum absolute atomic E-state index is 13.0. The van der Waals surface area contributed by atoms with E-state index in [1.807, 2.05) is 48.5 Å². The molecule has 30 heavy (non-hydrogen) atoms. The highest BCUT2D eigenvalue weighted by Crippen LogP contribution is 2.28. The van der Waals surface area contributed by atoms with E-state index in [9.17, 15) is 4.79 Å². The van der Waals surface area contributed by atoms with Crippen LogP contribution >= 0.6 is 0 Å². The average molecular weight is 396 g/mol. The SMILES string of the molecule is Cc1cc(NC(=O)c2cccc3cc(Oc4ccncc4)ccc23)ccc1C(C)C. The van der Waals surface area contributed by atoms with Gasteiger partial charge in [-0.05, 0) is 83.3 Å². The second-order valence-electron chi connectivity index (χ2n) is 7.65. The Bertz CT molecular complexity index is 1200. The van der Waals surface area contributed by atoms with Gasteiger partial charge in [-0.25, -0.2) is 0 Å². The zero-order chi connectivity index (χ0) is 21.1. The smallest absolute Gasteiger partial charge is 0.256 e. The Morgan fingerprint density at radius 2 is 1.73 bits per heavy atom. The second kappa shape index (κ2) is 8.37. The van der Waals surface area contributed by atoms with Gasteiger partial charge in [0.2, 0.25) is 0 Å². The van der Waals surface area contributed by atoms with Gasteiger partial charge in [-0.15, -0.1) is 0 Å². The van der Waals surface area contributed by atoms with Crippen LogP contribution in [0, 0.1) is 6.92 Å². The zero-order valence-corrected chi connectivity index (χ0v) is 17.3. The molecule has 4 aromatic rings. The fourth-order valence-corrected chi connectivity index (χ4v) is 3.67. The van der Waals surface area contributed by atoms with Crippen molar-refractivity contribution in [2.75, 3.05) is 5.32 Å². The number of hydrogen-bond donors (Lipinski definition) is 1. The Labute approximate surface area is 176 Å². The van der Waals surface area contributed by atoms with Crippen LogP contribution in [-0.4, -0.2) is 10.9 Å². The van der Waals surface area contributed by atoms with Crippen molar-refractivity contribution in [2.24, 2.45) is 0 Å². The maximum Gasteiger partial charge on any atom is 0.256 e. The van der Waals surface area contributed by atoms with Crippen LogP contribution in [0.25, 0.3) is 10.8 Å². The van der Waals surface area contributed by atoms with Gasteiger partial charge in [-0.1, -0.05) is 32.0 Å². The third kappa shape index (κ3) is 4.18. The fourth-order valence-electron chi connectivity index (χ4n) is 3.67. The summed E-state index contributed by atoms with van der Waals surface area (Å²) in [4.78, 5) is 17.0. The van der Waals surface area contributed by atoms with E-state index in [1.54, 1.807) is 24.5 Å². The lowest BCUT2D eigenvalue weighted by Gasteiger charge is -2.13. The van der Waals surface area contributed by atoms with E-state index >= 15 is 0 Å². The minimum atomic E-state index is -0.125. The van der Waals surface area contributed by atoms with Crippen molar-refractivity contribution >= 4 is 22.4 Å². The Hall–Kier alpha value is -3.66. The van der Waals surface area contributed by atoms with Gasteiger partial charge in [-0.3, -0.25) is 9.78 Å². The number of hydrogen-bond acceptors (Lipinski definition) is 3. The third-order valence-corrected chi connectivity index (χ3v) is 5.13. The van der Waals surface area contributed by atoms with Crippen molar-refractivity contribution in [3.05, 3.63) is 95.8 Å². The lowest BCUT2D eigenvalue weighted by molar-refractivity contribution is 0.102. The number of amides is 1. The molecule has 0 saturated heterocycles. The van der Waals surface area contributed by atoms with Crippen molar-refractivity contribution < 1.29 is 9.53 Å². The molecule has 150 valence electrons. The highest BCUT2D eigenvalue weighted by atomic mass is 16.5. The van der Waals surface area contributed by atoms with Gasteiger partial charge >= 0.3 is 0 Å². The van der Waals surface area contributed by atoms with Gasteiger partial charge in [0.25, 0.3) is 5.91 Å². The van der Waals surface area contributed by atoms with Gasteiger partial charge in [0.15, 0.2) is 0 Å². The van der Waals surface area contributed by atoms with Crippen molar-refractivity contribution in [3.63, 3.8) is 0 Å². The van der Waals surface area contributed by atoms with Crippen LogP contribution in [0.3, 0.4) is 0 Å². The molecule has 0 atom stereocenters. The van der Waals surface area contributed by atoms with Gasteiger partial charge in [0.05, 0.1) is 0 Å². The minimum absolute atomic E-state index is 0.125. The van der Waals surface area contributed by atoms with Crippen molar-refractivity contribution in [1.29, 1.82) is 0 Å². The molecule has 0 aliphatic carbocycles. The summed E-state index contributed by atoms with van der Waals surface area (Å²) in [7, 11) is 0. The Balaban J connectivity index is 1.59. The van der Waals surface area contributed by atoms with Crippen LogP contribution in [0.2, 0.25) is 0 Å². The molecule has 0 saturated carbocycles. The first kappa shape index (κ1) is 19.6. The number of nitrogens with zero attached hydrogens (tertiary/aromatic N) is 1. The Kier molecular flexibility index (Phi) is 5.48. The van der Waals surface area contributed by atoms with Crippen LogP contribution in [0.4, 0.5) is 5.69 Å². The lowest BCUT2D eigenvalue weighted by atomic mass is 9.97. The number of pyridine rings is 1. The molecule has 4 heteroatoms. The van der Waals surface area contributed by atoms with E-state index in [0.29, 0.717) is 17.2 Å². The molecule has 0 aliphatic rings. The van der Waals surface area contributed by atoms with Crippen molar-refractivity contribution in [1.82, 2.24) is 4.98 Å². The summed E-state index contributed by atoms with van der Waals surface area (Å²) >= 11 is 0. The van der Waals surface area contributed by atoms with E-state index in [0.717, 1.165) is 22.2 Å². The average Bonchev–Trinajstić information content (AvgIpc) is 2.73. The van der Waals surface area contributed by atoms with Crippen molar-refractivity contribution in [2.45, 2.75) is 26.7 Å². The standard InChI is InChI=1S/C26H24N2O2/c1-17(2)23-9-7-20(15-18(23)3)28-26(29)25-6-4-5-19-16-22(8-10-24(19)25)30-21-11-13-27-14-12-21/h4-17H,1-3H3,(H,28,29). The van der Waals surface area contributed by atoms with E-state index in [-0.39, 0.29) is 5.91 Å². The Morgan fingerprint density at radius 1 is 0.933 bits per heavy atom. The van der Waals surface area contributed by atoms with E-state index in [2.05, 4.69) is 37.1 Å². The molecule has 1 heterocycles. The molecule has 0 bridgehead atoms. The first-order valence-electron chi connectivity index (χ1n) is 10.0. The first-order chi connectivity index (χ1) is 14.5. The summed E-state index contributed by atoms with van der Waals surface area (Å²) in [5.74, 6) is 1.76. The van der Waals surface area contributed by atoms with Gasteiger partial charge in [0, 0.05) is 23.6 Å². The van der Waals surface area contributed by atoms with E-state index < -0.39 is 0 Å². The molecule has 0 fully saturated rings. The lowest BCUT2D eigenvalue weighted by Crippen LogP contribution is -2.12. The largest absolute Gasteiger partial charge is 0.457 e. The number of fused-ring (bicyclic) bond motifs is 1. The monoisotopic (exact) mass is 396 g/mol. The quantitative estimate of drug-likeness (QED) is 0.408. The van der Waals surface area contributed by atoms with Gasteiger partial charge in [0.1, 0.15) is 11.5 Å². The predicted molar refractivity (Wildman–Crippen MR) is 121 cm³/mol. The number of nitrogens with one attached hydrogen (secondary N) is 1. The minimum Gasteiger partial charge on any atom is -0.457 e. The molecule has 0 aliphatic heterocycles. The van der Waals surface area contributed by atoms with Gasteiger partial charge < -0.3 is 10.1 Å². The summed E-state index contributed by atoms with van der Waals surface area (Å²) < 4.78 is 5.89. The van der Waals surface area contributed by atoms with Crippen molar-refractivity contribution in [3.8, 4) is 11.5 Å². The predicted octanol–water partition coefficient (Wildman–Crippen LogP) is 6.71. The summed E-state index contributed by atoms with van der Waals surface area (Å²) in [5.41, 5.74) is 3.91. The topological polar surface area (TPSA) is 51.2 Å². The molecule has 0 spiro atoms. The first-order valence-corrected chi connectivity index (χ1v) is 10.0. The van der Waals surface area contributed by atoms with Crippen LogP contribution in [0.1, 0.15) is 41.3 Å². The maximum atomic E-state index is 13.0. The highest BCUT2D eigenvalue weighted by molar-refractivity contribution is 6.13. The summed E-state index contributed by atoms with van der Waals surface area (Å²) in [6.45, 7) is 6.42. The number of benzene rings is 3. The summed E-state index contributed by atoms with van der Waals surface area (Å²) in [5, 5.41) is 4.86. The zero-order valence-electron chi connectivity index (χ0n) is 17.3. The molecule has 0 unspecified atom stereocenters. The molecule has 4 rings (SSSR count). The number of carbonyl (C=O) groups excluding carboxylic acids is 1. The Morgan fingerprint density at radius 3 is 2.47 bits per heavy atom. The normalized spacial score (nSPS) is 10.9. The molecule has 1 amide bonds.